The van der Waals surface area contributed by atoms with Gasteiger partial charge in [0, 0.05) is 0 Å². The van der Waals surface area contributed by atoms with Crippen molar-refractivity contribution in [1.82, 2.24) is 0 Å². The molecule has 0 amide bonds. The van der Waals surface area contributed by atoms with Gasteiger partial charge in [-0.3, -0.25) is 4.39 Å². The van der Waals surface area contributed by atoms with Gasteiger partial charge >= 0.3 is 0 Å². The van der Waals surface area contributed by atoms with E-state index in [2.05, 4.69) is 0 Å². The van der Waals surface area contributed by atoms with Gasteiger partial charge in [0.1, 0.15) is 0 Å². The van der Waals surface area contributed by atoms with Gasteiger partial charge in [-0.1, -0.05) is 0 Å². The Morgan fingerprint density at radius 1 is 1.50 bits per heavy atom. The molecular weight excluding hydrogens is 181 g/mol. The second-order valence-corrected chi connectivity index (χ2v) is 5.67. The van der Waals surface area contributed by atoms with Gasteiger partial charge in [-0.25, -0.2) is 8.42 Å². The van der Waals surface area contributed by atoms with Crippen molar-refractivity contribution >= 4 is 9.84 Å². The molecule has 1 unspecified atom stereocenters. The van der Waals surface area contributed by atoms with Crippen LogP contribution in [0.2, 0.25) is 0 Å². The normalized spacial score (nSPS) is 33.8. The van der Waals surface area contributed by atoms with Crippen molar-refractivity contribution < 1.29 is 12.8 Å². The number of sulfone groups is 1. The Hall–Kier alpha value is -0.160. The molecule has 1 fully saturated rings. The number of rotatable bonds is 3. The van der Waals surface area contributed by atoms with E-state index in [9.17, 15) is 12.8 Å². The minimum Gasteiger partial charge on any atom is -0.330 e. The highest BCUT2D eigenvalue weighted by Crippen LogP contribution is 2.34. The van der Waals surface area contributed by atoms with Crippen molar-refractivity contribution in [3.63, 3.8) is 0 Å². The summed E-state index contributed by atoms with van der Waals surface area (Å²) in [6.45, 7) is -0.205. The molecule has 0 aliphatic carbocycles. The zero-order valence-electron chi connectivity index (χ0n) is 6.92. The summed E-state index contributed by atoms with van der Waals surface area (Å²) >= 11 is 0. The first-order valence-corrected chi connectivity index (χ1v) is 5.82. The summed E-state index contributed by atoms with van der Waals surface area (Å²) in [5, 5.41) is 0. The summed E-state index contributed by atoms with van der Waals surface area (Å²) in [5.41, 5.74) is 4.98. The fourth-order valence-electron chi connectivity index (χ4n) is 1.64. The molecule has 0 saturated carbocycles. The Kier molecular flexibility index (Phi) is 2.73. The molecule has 3 nitrogen and oxygen atoms in total. The van der Waals surface area contributed by atoms with Crippen molar-refractivity contribution in [2.75, 3.05) is 24.7 Å². The Bertz CT molecular complexity index is 252. The van der Waals surface area contributed by atoms with E-state index in [1.165, 1.54) is 0 Å². The molecule has 1 rings (SSSR count). The van der Waals surface area contributed by atoms with Gasteiger partial charge in [0.2, 0.25) is 0 Å². The summed E-state index contributed by atoms with van der Waals surface area (Å²) in [6.07, 6.45) is 0.804. The van der Waals surface area contributed by atoms with E-state index in [4.69, 9.17) is 5.73 Å². The SMILES string of the molecule is NCC1(CCF)CCS(=O)(=O)C1. The lowest BCUT2D eigenvalue weighted by Crippen LogP contribution is -2.32. The maximum Gasteiger partial charge on any atom is 0.150 e. The number of alkyl halides is 1. The monoisotopic (exact) mass is 195 g/mol. The van der Waals surface area contributed by atoms with Crippen molar-refractivity contribution in [1.29, 1.82) is 0 Å². The standard InChI is InChI=1S/C7H14FNO2S/c8-3-1-7(5-9)2-4-12(10,11)6-7/h1-6,9H2. The zero-order valence-corrected chi connectivity index (χ0v) is 7.74. The summed E-state index contributed by atoms with van der Waals surface area (Å²) in [4.78, 5) is 0. The van der Waals surface area contributed by atoms with Crippen LogP contribution in [-0.4, -0.2) is 33.1 Å². The molecule has 0 bridgehead atoms. The molecule has 0 radical (unpaired) electrons. The molecule has 1 aliphatic rings. The van der Waals surface area contributed by atoms with Crippen LogP contribution >= 0.6 is 0 Å². The van der Waals surface area contributed by atoms with Gasteiger partial charge in [-0.2, -0.15) is 0 Å². The molecule has 0 spiro atoms. The summed E-state index contributed by atoms with van der Waals surface area (Å²) in [7, 11) is -2.93. The highest BCUT2D eigenvalue weighted by Gasteiger charge is 2.40. The van der Waals surface area contributed by atoms with Crippen LogP contribution in [0.3, 0.4) is 0 Å². The lowest BCUT2D eigenvalue weighted by Gasteiger charge is -2.23. The van der Waals surface area contributed by atoms with Crippen LogP contribution in [-0.2, 0) is 9.84 Å². The predicted molar refractivity (Wildman–Crippen MR) is 45.4 cm³/mol. The van der Waals surface area contributed by atoms with Gasteiger partial charge in [0.25, 0.3) is 0 Å². The van der Waals surface area contributed by atoms with E-state index >= 15 is 0 Å². The predicted octanol–water partition coefficient (Wildman–Crippen LogP) is 0.110. The first kappa shape index (κ1) is 9.92. The fourth-order valence-corrected chi connectivity index (χ4v) is 3.87. The van der Waals surface area contributed by atoms with Crippen LogP contribution in [0, 0.1) is 5.41 Å². The lowest BCUT2D eigenvalue weighted by molar-refractivity contribution is 0.276. The summed E-state index contributed by atoms with van der Waals surface area (Å²) in [5.74, 6) is 0.241. The highest BCUT2D eigenvalue weighted by molar-refractivity contribution is 7.91. The first-order valence-electron chi connectivity index (χ1n) is 4.00. The van der Waals surface area contributed by atoms with Crippen LogP contribution in [0.5, 0.6) is 0 Å². The van der Waals surface area contributed by atoms with Gasteiger partial charge < -0.3 is 5.73 Å². The number of hydrogen-bond acceptors (Lipinski definition) is 3. The van der Waals surface area contributed by atoms with E-state index < -0.39 is 21.9 Å². The second kappa shape index (κ2) is 3.30. The minimum atomic E-state index is -2.93. The van der Waals surface area contributed by atoms with Gasteiger partial charge in [0.05, 0.1) is 18.2 Å². The molecule has 1 saturated heterocycles. The Balaban J connectivity index is 2.72. The van der Waals surface area contributed by atoms with E-state index in [0.717, 1.165) is 0 Å². The first-order chi connectivity index (χ1) is 5.54. The minimum absolute atomic E-state index is 0.0699. The molecule has 5 heteroatoms. The molecule has 2 N–H and O–H groups in total. The van der Waals surface area contributed by atoms with Crippen molar-refractivity contribution in [2.24, 2.45) is 11.1 Å². The average molecular weight is 195 g/mol. The molecule has 0 aromatic carbocycles. The van der Waals surface area contributed by atoms with Gasteiger partial charge in [-0.15, -0.1) is 0 Å². The molecule has 72 valence electrons. The maximum absolute atomic E-state index is 12.1. The Morgan fingerprint density at radius 2 is 2.17 bits per heavy atom. The molecule has 0 aromatic heterocycles. The largest absolute Gasteiger partial charge is 0.330 e. The maximum atomic E-state index is 12.1. The smallest absolute Gasteiger partial charge is 0.150 e. The fraction of sp³-hybridized carbons (Fsp3) is 1.00. The molecule has 1 aliphatic heterocycles. The summed E-state index contributed by atoms with van der Waals surface area (Å²) < 4.78 is 34.3. The topological polar surface area (TPSA) is 60.2 Å². The third kappa shape index (κ3) is 1.95. The summed E-state index contributed by atoms with van der Waals surface area (Å²) in [6, 6.07) is 0. The molecule has 12 heavy (non-hydrogen) atoms. The zero-order chi connectivity index (χ0) is 9.24. The van der Waals surface area contributed by atoms with Crippen LogP contribution in [0.25, 0.3) is 0 Å². The van der Waals surface area contributed by atoms with E-state index in [-0.39, 0.29) is 24.5 Å². The Labute approximate surface area is 72.1 Å². The van der Waals surface area contributed by atoms with Crippen LogP contribution in [0.1, 0.15) is 12.8 Å². The quantitative estimate of drug-likeness (QED) is 0.695. The van der Waals surface area contributed by atoms with Gasteiger partial charge in [-0.05, 0) is 24.8 Å². The lowest BCUT2D eigenvalue weighted by atomic mass is 9.85. The number of halogens is 1. The average Bonchev–Trinajstić information content (AvgIpc) is 2.29. The van der Waals surface area contributed by atoms with Crippen molar-refractivity contribution in [3.05, 3.63) is 0 Å². The molecule has 0 aromatic rings. The molecular formula is C7H14FNO2S. The van der Waals surface area contributed by atoms with Crippen molar-refractivity contribution in [3.8, 4) is 0 Å². The molecule has 1 heterocycles. The van der Waals surface area contributed by atoms with E-state index in [0.29, 0.717) is 6.42 Å². The Morgan fingerprint density at radius 3 is 2.50 bits per heavy atom. The van der Waals surface area contributed by atoms with Crippen LogP contribution < -0.4 is 5.73 Å². The third-order valence-corrected chi connectivity index (χ3v) is 4.41. The van der Waals surface area contributed by atoms with Crippen molar-refractivity contribution in [2.45, 2.75) is 12.8 Å². The number of hydrogen-bond donors (Lipinski definition) is 1. The van der Waals surface area contributed by atoms with E-state index in [1.807, 2.05) is 0 Å². The third-order valence-electron chi connectivity index (χ3n) is 2.53. The second-order valence-electron chi connectivity index (χ2n) is 3.49. The molecule has 1 atom stereocenters. The highest BCUT2D eigenvalue weighted by atomic mass is 32.2. The van der Waals surface area contributed by atoms with Gasteiger partial charge in [0.15, 0.2) is 9.84 Å². The number of nitrogens with two attached hydrogens (primary N) is 1. The van der Waals surface area contributed by atoms with E-state index in [1.54, 1.807) is 0 Å². The van der Waals surface area contributed by atoms with Crippen LogP contribution in [0.15, 0.2) is 0 Å². The van der Waals surface area contributed by atoms with Crippen LogP contribution in [0.4, 0.5) is 4.39 Å².